The van der Waals surface area contributed by atoms with Gasteiger partial charge in [-0.3, -0.25) is 4.79 Å². The van der Waals surface area contributed by atoms with Gasteiger partial charge in [-0.15, -0.1) is 0 Å². The first-order valence-corrected chi connectivity index (χ1v) is 5.39. The van der Waals surface area contributed by atoms with E-state index >= 15 is 0 Å². The summed E-state index contributed by atoms with van der Waals surface area (Å²) in [6.07, 6.45) is 0.888. The molecule has 0 saturated carbocycles. The van der Waals surface area contributed by atoms with Crippen molar-refractivity contribution in [3.8, 4) is 0 Å². The Kier molecular flexibility index (Phi) is 10.2. The van der Waals surface area contributed by atoms with Gasteiger partial charge in [0.05, 0.1) is 0 Å². The summed E-state index contributed by atoms with van der Waals surface area (Å²) in [4.78, 5) is 11.2. The zero-order valence-electron chi connectivity index (χ0n) is 10.5. The van der Waals surface area contributed by atoms with Gasteiger partial charge in [0.2, 0.25) is 5.91 Å². The molecule has 0 spiro atoms. The first-order chi connectivity index (χ1) is 6.46. The third-order valence-corrected chi connectivity index (χ3v) is 2.19. The maximum atomic E-state index is 11.2. The van der Waals surface area contributed by atoms with Crippen molar-refractivity contribution in [2.24, 2.45) is 5.41 Å². The predicted octanol–water partition coefficient (Wildman–Crippen LogP) is 1.78. The van der Waals surface area contributed by atoms with Crippen LogP contribution >= 0.6 is 0 Å². The molecule has 0 aromatic heterocycles. The van der Waals surface area contributed by atoms with Crippen molar-refractivity contribution < 1.29 is 4.79 Å². The standard InChI is InChI=1S/C8H17NO.C3H9N/c1-5-8(3,4)7(10)9-6-2;1-3-4-2/h5-6H2,1-4H3,(H,9,10);4H,3H2,1-2H3. The van der Waals surface area contributed by atoms with Crippen LogP contribution in [0.4, 0.5) is 0 Å². The molecule has 2 N–H and O–H groups in total. The van der Waals surface area contributed by atoms with E-state index in [2.05, 4.69) is 17.6 Å². The summed E-state index contributed by atoms with van der Waals surface area (Å²) >= 11 is 0. The van der Waals surface area contributed by atoms with E-state index in [4.69, 9.17) is 0 Å². The van der Waals surface area contributed by atoms with Crippen LogP contribution in [0.25, 0.3) is 0 Å². The lowest BCUT2D eigenvalue weighted by molar-refractivity contribution is -0.129. The average Bonchev–Trinajstić information content (AvgIpc) is 2.18. The largest absolute Gasteiger partial charge is 0.356 e. The molecule has 14 heavy (non-hydrogen) atoms. The summed E-state index contributed by atoms with van der Waals surface area (Å²) < 4.78 is 0. The summed E-state index contributed by atoms with van der Waals surface area (Å²) in [5.41, 5.74) is -0.198. The second-order valence-electron chi connectivity index (χ2n) is 3.80. The van der Waals surface area contributed by atoms with E-state index in [9.17, 15) is 4.79 Å². The van der Waals surface area contributed by atoms with Gasteiger partial charge >= 0.3 is 0 Å². The van der Waals surface area contributed by atoms with Crippen molar-refractivity contribution in [2.75, 3.05) is 20.1 Å². The van der Waals surface area contributed by atoms with E-state index in [1.54, 1.807) is 0 Å². The van der Waals surface area contributed by atoms with Crippen LogP contribution in [0.15, 0.2) is 0 Å². The lowest BCUT2D eigenvalue weighted by atomic mass is 9.89. The number of hydrogen-bond acceptors (Lipinski definition) is 2. The van der Waals surface area contributed by atoms with Crippen molar-refractivity contribution in [3.63, 3.8) is 0 Å². The van der Waals surface area contributed by atoms with E-state index in [0.29, 0.717) is 0 Å². The van der Waals surface area contributed by atoms with Crippen molar-refractivity contribution in [1.29, 1.82) is 0 Å². The Hall–Kier alpha value is -0.570. The van der Waals surface area contributed by atoms with Gasteiger partial charge in [0.1, 0.15) is 0 Å². The molecule has 0 heterocycles. The van der Waals surface area contributed by atoms with Crippen LogP contribution in [-0.2, 0) is 4.79 Å². The molecule has 0 saturated heterocycles. The third kappa shape index (κ3) is 8.05. The summed E-state index contributed by atoms with van der Waals surface area (Å²) in [6, 6.07) is 0. The van der Waals surface area contributed by atoms with Gasteiger partial charge in [0.15, 0.2) is 0 Å². The first-order valence-electron chi connectivity index (χ1n) is 5.39. The fourth-order valence-corrected chi connectivity index (χ4v) is 0.560. The molecule has 0 aliphatic heterocycles. The average molecular weight is 202 g/mol. The minimum atomic E-state index is -0.198. The number of nitrogens with one attached hydrogen (secondary N) is 2. The highest BCUT2D eigenvalue weighted by atomic mass is 16.2. The van der Waals surface area contributed by atoms with E-state index in [-0.39, 0.29) is 11.3 Å². The molecule has 0 atom stereocenters. The quantitative estimate of drug-likeness (QED) is 0.729. The Morgan fingerprint density at radius 1 is 1.14 bits per heavy atom. The second kappa shape index (κ2) is 9.00. The van der Waals surface area contributed by atoms with Crippen molar-refractivity contribution >= 4 is 5.91 Å². The molecule has 0 radical (unpaired) electrons. The Morgan fingerprint density at radius 3 is 1.79 bits per heavy atom. The van der Waals surface area contributed by atoms with Crippen LogP contribution in [0.1, 0.15) is 41.0 Å². The van der Waals surface area contributed by atoms with Gasteiger partial charge < -0.3 is 10.6 Å². The van der Waals surface area contributed by atoms with Crippen LogP contribution in [0.3, 0.4) is 0 Å². The Morgan fingerprint density at radius 2 is 1.57 bits per heavy atom. The molecule has 0 rings (SSSR count). The lowest BCUT2D eigenvalue weighted by Crippen LogP contribution is -2.36. The molecule has 0 unspecified atom stereocenters. The zero-order valence-corrected chi connectivity index (χ0v) is 10.5. The molecule has 0 aromatic rings. The summed E-state index contributed by atoms with van der Waals surface area (Å²) in [5.74, 6) is 0.150. The minimum Gasteiger partial charge on any atom is -0.356 e. The maximum Gasteiger partial charge on any atom is 0.225 e. The fourth-order valence-electron chi connectivity index (χ4n) is 0.560. The molecule has 3 nitrogen and oxygen atoms in total. The lowest BCUT2D eigenvalue weighted by Gasteiger charge is -2.20. The first kappa shape index (κ1) is 15.9. The third-order valence-electron chi connectivity index (χ3n) is 2.19. The molecular weight excluding hydrogens is 176 g/mol. The van der Waals surface area contributed by atoms with Crippen molar-refractivity contribution in [2.45, 2.75) is 41.0 Å². The number of carbonyl (C=O) groups excluding carboxylic acids is 1. The highest BCUT2D eigenvalue weighted by Crippen LogP contribution is 2.18. The van der Waals surface area contributed by atoms with Gasteiger partial charge in [-0.2, -0.15) is 0 Å². The number of carbonyl (C=O) groups is 1. The van der Waals surface area contributed by atoms with E-state index in [1.807, 2.05) is 34.7 Å². The second-order valence-corrected chi connectivity index (χ2v) is 3.80. The zero-order chi connectivity index (χ0) is 11.6. The topological polar surface area (TPSA) is 41.1 Å². The number of rotatable bonds is 4. The molecule has 0 bridgehead atoms. The Balaban J connectivity index is 0. The number of amides is 1. The molecule has 3 heteroatoms. The molecule has 86 valence electrons. The molecule has 0 aliphatic rings. The molecule has 0 fully saturated rings. The highest BCUT2D eigenvalue weighted by molar-refractivity contribution is 5.81. The monoisotopic (exact) mass is 202 g/mol. The summed E-state index contributed by atoms with van der Waals surface area (Å²) in [5, 5.41) is 5.73. The predicted molar refractivity (Wildman–Crippen MR) is 62.4 cm³/mol. The molecule has 0 aromatic carbocycles. The van der Waals surface area contributed by atoms with Crippen LogP contribution in [0.5, 0.6) is 0 Å². The summed E-state index contributed by atoms with van der Waals surface area (Å²) in [7, 11) is 1.93. The normalized spacial score (nSPS) is 10.1. The minimum absolute atomic E-state index is 0.150. The Bertz CT molecular complexity index is 142. The Labute approximate surface area is 88.7 Å². The van der Waals surface area contributed by atoms with Gasteiger partial charge in [-0.05, 0) is 26.9 Å². The molecule has 1 amide bonds. The van der Waals surface area contributed by atoms with Gasteiger partial charge in [-0.1, -0.05) is 27.7 Å². The van der Waals surface area contributed by atoms with Crippen LogP contribution in [0.2, 0.25) is 0 Å². The van der Waals surface area contributed by atoms with Gasteiger partial charge in [0, 0.05) is 12.0 Å². The van der Waals surface area contributed by atoms with E-state index in [0.717, 1.165) is 19.5 Å². The molecular formula is C11H26N2O. The van der Waals surface area contributed by atoms with Crippen LogP contribution in [0, 0.1) is 5.41 Å². The fraction of sp³-hybridized carbons (Fsp3) is 0.909. The number of hydrogen-bond donors (Lipinski definition) is 2. The van der Waals surface area contributed by atoms with Gasteiger partial charge in [0.25, 0.3) is 0 Å². The van der Waals surface area contributed by atoms with E-state index < -0.39 is 0 Å². The maximum absolute atomic E-state index is 11.2. The molecule has 0 aliphatic carbocycles. The SMILES string of the molecule is CCNC.CCNC(=O)C(C)(C)CC. The highest BCUT2D eigenvalue weighted by Gasteiger charge is 2.23. The van der Waals surface area contributed by atoms with Gasteiger partial charge in [-0.25, -0.2) is 0 Å². The smallest absolute Gasteiger partial charge is 0.225 e. The van der Waals surface area contributed by atoms with Crippen molar-refractivity contribution in [1.82, 2.24) is 10.6 Å². The van der Waals surface area contributed by atoms with Crippen LogP contribution < -0.4 is 10.6 Å². The van der Waals surface area contributed by atoms with Crippen molar-refractivity contribution in [3.05, 3.63) is 0 Å². The summed E-state index contributed by atoms with van der Waals surface area (Å²) in [6.45, 7) is 11.7. The van der Waals surface area contributed by atoms with Crippen LogP contribution in [-0.4, -0.2) is 26.0 Å². The van der Waals surface area contributed by atoms with E-state index in [1.165, 1.54) is 0 Å².